The third-order valence-electron chi connectivity index (χ3n) is 3.74. The van der Waals surface area contributed by atoms with Gasteiger partial charge in [-0.15, -0.1) is 0 Å². The van der Waals surface area contributed by atoms with E-state index in [0.717, 1.165) is 5.41 Å². The summed E-state index contributed by atoms with van der Waals surface area (Å²) in [5.41, 5.74) is 1.15. The lowest BCUT2D eigenvalue weighted by atomic mass is 9.70. The largest absolute Gasteiger partial charge is 0.312 e. The summed E-state index contributed by atoms with van der Waals surface area (Å²) in [6.45, 7) is 5.95. The number of rotatable bonds is 0. The minimum atomic E-state index is 0.405. The van der Waals surface area contributed by atoms with Crippen LogP contribution in [0.15, 0.2) is 0 Å². The van der Waals surface area contributed by atoms with Gasteiger partial charge in [0.2, 0.25) is 0 Å². The summed E-state index contributed by atoms with van der Waals surface area (Å²) in [7, 11) is 0. The molecule has 1 heterocycles. The molecular weight excluding hydrogens is 146 g/mol. The highest BCUT2D eigenvalue weighted by Gasteiger charge is 2.41. The van der Waals surface area contributed by atoms with E-state index in [1.807, 2.05) is 0 Å². The fourth-order valence-electron chi connectivity index (χ4n) is 3.31. The molecule has 1 spiro atoms. The van der Waals surface area contributed by atoms with Gasteiger partial charge in [0, 0.05) is 5.54 Å². The molecule has 0 unspecified atom stereocenters. The van der Waals surface area contributed by atoms with Gasteiger partial charge in [-0.05, 0) is 51.5 Å². The minimum Gasteiger partial charge on any atom is -0.312 e. The van der Waals surface area contributed by atoms with E-state index in [0.29, 0.717) is 5.54 Å². The molecular formula is C11H21N. The van der Waals surface area contributed by atoms with E-state index in [9.17, 15) is 0 Å². The van der Waals surface area contributed by atoms with Gasteiger partial charge in [-0.3, -0.25) is 0 Å². The van der Waals surface area contributed by atoms with E-state index in [4.69, 9.17) is 0 Å². The summed E-state index contributed by atoms with van der Waals surface area (Å²) in [5, 5.41) is 3.61. The maximum absolute atomic E-state index is 3.61. The Morgan fingerprint density at radius 2 is 1.67 bits per heavy atom. The molecule has 2 rings (SSSR count). The molecule has 0 atom stereocenters. The average molecular weight is 167 g/mol. The standard InChI is InChI=1S/C11H21N/c1-10(2)9-11(7-8-12-10)5-3-4-6-11/h12H,3-9H2,1-2H3. The molecule has 1 N–H and O–H groups in total. The first kappa shape index (κ1) is 8.55. The zero-order valence-corrected chi connectivity index (χ0v) is 8.45. The van der Waals surface area contributed by atoms with Gasteiger partial charge in [0.1, 0.15) is 0 Å². The molecule has 70 valence electrons. The fraction of sp³-hybridized carbons (Fsp3) is 1.00. The first-order valence-electron chi connectivity index (χ1n) is 5.37. The lowest BCUT2D eigenvalue weighted by Gasteiger charge is -2.43. The maximum Gasteiger partial charge on any atom is 0.0130 e. The van der Waals surface area contributed by atoms with Crippen LogP contribution in [0.5, 0.6) is 0 Å². The van der Waals surface area contributed by atoms with Gasteiger partial charge < -0.3 is 5.32 Å². The van der Waals surface area contributed by atoms with E-state index in [-0.39, 0.29) is 0 Å². The van der Waals surface area contributed by atoms with Crippen LogP contribution in [0.2, 0.25) is 0 Å². The Bertz CT molecular complexity index is 166. The molecule has 1 aliphatic heterocycles. The molecule has 1 nitrogen and oxygen atoms in total. The van der Waals surface area contributed by atoms with Crippen LogP contribution in [0.3, 0.4) is 0 Å². The van der Waals surface area contributed by atoms with Crippen molar-refractivity contribution < 1.29 is 0 Å². The molecule has 0 amide bonds. The zero-order chi connectivity index (χ0) is 8.66. The monoisotopic (exact) mass is 167 g/mol. The highest BCUT2D eigenvalue weighted by Crippen LogP contribution is 2.48. The summed E-state index contributed by atoms with van der Waals surface area (Å²) in [6.07, 6.45) is 8.79. The predicted molar refractivity (Wildman–Crippen MR) is 52.2 cm³/mol. The smallest absolute Gasteiger partial charge is 0.0130 e. The third kappa shape index (κ3) is 1.52. The van der Waals surface area contributed by atoms with Crippen molar-refractivity contribution in [3.8, 4) is 0 Å². The van der Waals surface area contributed by atoms with Crippen molar-refractivity contribution in [1.82, 2.24) is 5.32 Å². The van der Waals surface area contributed by atoms with Gasteiger partial charge in [-0.2, -0.15) is 0 Å². The second kappa shape index (κ2) is 2.73. The van der Waals surface area contributed by atoms with E-state index < -0.39 is 0 Å². The van der Waals surface area contributed by atoms with Crippen molar-refractivity contribution in [2.45, 2.75) is 57.9 Å². The SMILES string of the molecule is CC1(C)CC2(CCCC2)CCN1. The Balaban J connectivity index is 2.07. The second-order valence-electron chi connectivity index (χ2n) is 5.44. The first-order chi connectivity index (χ1) is 5.62. The Labute approximate surface area is 75.9 Å². The molecule has 2 fully saturated rings. The molecule has 12 heavy (non-hydrogen) atoms. The molecule has 1 saturated heterocycles. The molecule has 1 saturated carbocycles. The van der Waals surface area contributed by atoms with Crippen molar-refractivity contribution in [2.75, 3.05) is 6.54 Å². The average Bonchev–Trinajstić information content (AvgIpc) is 2.34. The normalized spacial score (nSPS) is 32.5. The van der Waals surface area contributed by atoms with Crippen molar-refractivity contribution in [3.05, 3.63) is 0 Å². The molecule has 1 heteroatoms. The molecule has 0 aromatic carbocycles. The van der Waals surface area contributed by atoms with Gasteiger partial charge in [0.25, 0.3) is 0 Å². The Hall–Kier alpha value is -0.0400. The molecule has 2 aliphatic rings. The van der Waals surface area contributed by atoms with Gasteiger partial charge in [0.05, 0.1) is 0 Å². The Morgan fingerprint density at radius 3 is 2.25 bits per heavy atom. The second-order valence-corrected chi connectivity index (χ2v) is 5.44. The van der Waals surface area contributed by atoms with E-state index in [2.05, 4.69) is 19.2 Å². The van der Waals surface area contributed by atoms with Crippen molar-refractivity contribution in [2.24, 2.45) is 5.41 Å². The van der Waals surface area contributed by atoms with Crippen LogP contribution in [0.4, 0.5) is 0 Å². The van der Waals surface area contributed by atoms with E-state index in [1.54, 1.807) is 0 Å². The lowest BCUT2D eigenvalue weighted by molar-refractivity contribution is 0.126. The summed E-state index contributed by atoms with van der Waals surface area (Å²) in [4.78, 5) is 0. The van der Waals surface area contributed by atoms with Crippen LogP contribution in [0, 0.1) is 5.41 Å². The maximum atomic E-state index is 3.61. The molecule has 0 bridgehead atoms. The Morgan fingerprint density at radius 1 is 1.00 bits per heavy atom. The number of hydrogen-bond acceptors (Lipinski definition) is 1. The Kier molecular flexibility index (Phi) is 1.95. The van der Waals surface area contributed by atoms with Crippen LogP contribution in [0.25, 0.3) is 0 Å². The number of nitrogens with one attached hydrogen (secondary N) is 1. The lowest BCUT2D eigenvalue weighted by Crippen LogP contribution is -2.49. The molecule has 0 aromatic rings. The summed E-state index contributed by atoms with van der Waals surface area (Å²) < 4.78 is 0. The van der Waals surface area contributed by atoms with Gasteiger partial charge in [0.15, 0.2) is 0 Å². The molecule has 0 radical (unpaired) electrons. The molecule has 0 aromatic heterocycles. The van der Waals surface area contributed by atoms with Crippen LogP contribution in [-0.2, 0) is 0 Å². The quantitative estimate of drug-likeness (QED) is 0.585. The van der Waals surface area contributed by atoms with Crippen LogP contribution >= 0.6 is 0 Å². The number of piperidine rings is 1. The van der Waals surface area contributed by atoms with Gasteiger partial charge in [-0.25, -0.2) is 0 Å². The predicted octanol–water partition coefficient (Wildman–Crippen LogP) is 2.71. The fourth-order valence-corrected chi connectivity index (χ4v) is 3.31. The van der Waals surface area contributed by atoms with Crippen LogP contribution in [-0.4, -0.2) is 12.1 Å². The van der Waals surface area contributed by atoms with Gasteiger partial charge in [-0.1, -0.05) is 12.8 Å². The minimum absolute atomic E-state index is 0.405. The summed E-state index contributed by atoms with van der Waals surface area (Å²) in [5.74, 6) is 0. The van der Waals surface area contributed by atoms with Crippen molar-refractivity contribution in [3.63, 3.8) is 0 Å². The van der Waals surface area contributed by atoms with E-state index in [1.165, 1.54) is 45.1 Å². The van der Waals surface area contributed by atoms with E-state index >= 15 is 0 Å². The first-order valence-corrected chi connectivity index (χ1v) is 5.37. The summed E-state index contributed by atoms with van der Waals surface area (Å²) >= 11 is 0. The highest BCUT2D eigenvalue weighted by molar-refractivity contribution is 4.97. The third-order valence-corrected chi connectivity index (χ3v) is 3.74. The highest BCUT2D eigenvalue weighted by atomic mass is 15.0. The topological polar surface area (TPSA) is 12.0 Å². The number of hydrogen-bond donors (Lipinski definition) is 1. The molecule has 1 aliphatic carbocycles. The zero-order valence-electron chi connectivity index (χ0n) is 8.45. The van der Waals surface area contributed by atoms with Crippen molar-refractivity contribution >= 4 is 0 Å². The van der Waals surface area contributed by atoms with Crippen LogP contribution in [0.1, 0.15) is 52.4 Å². The summed E-state index contributed by atoms with van der Waals surface area (Å²) in [6, 6.07) is 0. The van der Waals surface area contributed by atoms with Crippen molar-refractivity contribution in [1.29, 1.82) is 0 Å². The van der Waals surface area contributed by atoms with Crippen LogP contribution < -0.4 is 5.32 Å². The van der Waals surface area contributed by atoms with Gasteiger partial charge >= 0.3 is 0 Å².